The molecule has 0 saturated carbocycles. The summed E-state index contributed by atoms with van der Waals surface area (Å²) in [6.07, 6.45) is -1.75. The van der Waals surface area contributed by atoms with Gasteiger partial charge in [-0.2, -0.15) is 13.2 Å². The van der Waals surface area contributed by atoms with E-state index in [0.717, 1.165) is 17.7 Å². The van der Waals surface area contributed by atoms with Gasteiger partial charge in [-0.3, -0.25) is 9.98 Å². The summed E-state index contributed by atoms with van der Waals surface area (Å²) in [6, 6.07) is 13.0. The minimum atomic E-state index is -4.30. The van der Waals surface area contributed by atoms with E-state index < -0.39 is 12.8 Å². The molecule has 0 atom stereocenters. The minimum absolute atomic E-state index is 0.0655. The molecule has 1 aromatic heterocycles. The molecule has 2 rings (SSSR count). The molecule has 0 aliphatic carbocycles. The number of hydrogen-bond acceptors (Lipinski definition) is 3. The van der Waals surface area contributed by atoms with E-state index in [4.69, 9.17) is 0 Å². The Hall–Kier alpha value is -2.61. The monoisotopic (exact) mass is 380 g/mol. The molecule has 1 aromatic carbocycles. The molecule has 0 aliphatic rings. The van der Waals surface area contributed by atoms with Crippen LogP contribution in [0.15, 0.2) is 53.7 Å². The molecule has 8 heteroatoms. The fourth-order valence-corrected chi connectivity index (χ4v) is 2.30. The normalized spacial score (nSPS) is 12.1. The van der Waals surface area contributed by atoms with Gasteiger partial charge in [0.05, 0.1) is 6.61 Å². The summed E-state index contributed by atoms with van der Waals surface area (Å²) in [7, 11) is 1.69. The Morgan fingerprint density at radius 3 is 2.44 bits per heavy atom. The third-order valence-electron chi connectivity index (χ3n) is 3.64. The molecule has 0 fully saturated rings. The molecule has 0 radical (unpaired) electrons. The highest BCUT2D eigenvalue weighted by Gasteiger charge is 2.27. The topological polar surface area (TPSA) is 58.5 Å². The van der Waals surface area contributed by atoms with Crippen LogP contribution < -0.4 is 10.6 Å². The van der Waals surface area contributed by atoms with Gasteiger partial charge in [-0.15, -0.1) is 0 Å². The third-order valence-corrected chi connectivity index (χ3v) is 3.64. The van der Waals surface area contributed by atoms with Gasteiger partial charge in [0, 0.05) is 38.4 Å². The third kappa shape index (κ3) is 8.54. The first-order chi connectivity index (χ1) is 13.0. The van der Waals surface area contributed by atoms with Crippen LogP contribution in [0.5, 0.6) is 0 Å². The summed E-state index contributed by atoms with van der Waals surface area (Å²) in [5.41, 5.74) is 2.69. The molecule has 0 amide bonds. The Bertz CT molecular complexity index is 703. The lowest BCUT2D eigenvalue weighted by atomic mass is 10.1. The van der Waals surface area contributed by atoms with Crippen molar-refractivity contribution in [2.75, 3.05) is 20.2 Å². The van der Waals surface area contributed by atoms with Crippen LogP contribution in [-0.4, -0.2) is 37.3 Å². The first-order valence-corrected chi connectivity index (χ1v) is 8.53. The summed E-state index contributed by atoms with van der Waals surface area (Å²) in [4.78, 5) is 8.43. The number of guanidine groups is 1. The number of aliphatic imine (C=N–C) groups is 1. The van der Waals surface area contributed by atoms with E-state index in [1.807, 2.05) is 30.3 Å². The molecule has 2 N–H and O–H groups in total. The van der Waals surface area contributed by atoms with Gasteiger partial charge in [-0.25, -0.2) is 0 Å². The second kappa shape index (κ2) is 10.5. The second-order valence-electron chi connectivity index (χ2n) is 5.85. The van der Waals surface area contributed by atoms with E-state index in [1.165, 1.54) is 0 Å². The van der Waals surface area contributed by atoms with E-state index >= 15 is 0 Å². The molecule has 0 bridgehead atoms. The molecular weight excluding hydrogens is 357 g/mol. The van der Waals surface area contributed by atoms with Crippen LogP contribution in [0.1, 0.15) is 16.8 Å². The second-order valence-corrected chi connectivity index (χ2v) is 5.85. The van der Waals surface area contributed by atoms with Gasteiger partial charge in [0.2, 0.25) is 0 Å². The first-order valence-electron chi connectivity index (χ1n) is 8.53. The van der Waals surface area contributed by atoms with Crippen LogP contribution in [0, 0.1) is 0 Å². The molecule has 146 valence electrons. The average molecular weight is 380 g/mol. The van der Waals surface area contributed by atoms with Gasteiger partial charge in [0.25, 0.3) is 0 Å². The molecular formula is C19H23F3N4O. The summed E-state index contributed by atoms with van der Waals surface area (Å²) >= 11 is 0. The maximum absolute atomic E-state index is 12.1. The highest BCUT2D eigenvalue weighted by atomic mass is 19.4. The lowest BCUT2D eigenvalue weighted by molar-refractivity contribution is -0.176. The summed E-state index contributed by atoms with van der Waals surface area (Å²) in [6.45, 7) is -0.0557. The molecule has 0 unspecified atom stereocenters. The predicted octanol–water partition coefficient (Wildman–Crippen LogP) is 3.07. The van der Waals surface area contributed by atoms with Crippen LogP contribution in [-0.2, 0) is 24.3 Å². The van der Waals surface area contributed by atoms with Crippen molar-refractivity contribution in [3.8, 4) is 0 Å². The quantitative estimate of drug-likeness (QED) is 0.546. The van der Waals surface area contributed by atoms with Gasteiger partial charge in [-0.05, 0) is 23.3 Å². The number of hydrogen-bond donors (Lipinski definition) is 2. The molecule has 0 saturated heterocycles. The Kier molecular flexibility index (Phi) is 8.06. The Morgan fingerprint density at radius 2 is 1.81 bits per heavy atom. The van der Waals surface area contributed by atoms with Crippen molar-refractivity contribution in [3.05, 3.63) is 65.5 Å². The zero-order valence-electron chi connectivity index (χ0n) is 15.1. The number of benzene rings is 1. The highest BCUT2D eigenvalue weighted by Crippen LogP contribution is 2.15. The van der Waals surface area contributed by atoms with E-state index in [2.05, 4.69) is 25.3 Å². The number of halogens is 3. The fourth-order valence-electron chi connectivity index (χ4n) is 2.30. The van der Waals surface area contributed by atoms with E-state index in [-0.39, 0.29) is 6.61 Å². The number of pyridine rings is 1. The number of alkyl halides is 3. The molecule has 5 nitrogen and oxygen atoms in total. The van der Waals surface area contributed by atoms with Gasteiger partial charge in [-0.1, -0.05) is 30.3 Å². The number of nitrogens with one attached hydrogen (secondary N) is 2. The summed E-state index contributed by atoms with van der Waals surface area (Å²) < 4.78 is 40.8. The molecule has 1 heterocycles. The van der Waals surface area contributed by atoms with E-state index in [9.17, 15) is 13.2 Å². The van der Waals surface area contributed by atoms with Gasteiger partial charge >= 0.3 is 6.18 Å². The lowest BCUT2D eigenvalue weighted by Crippen LogP contribution is -2.37. The number of aromatic nitrogens is 1. The van der Waals surface area contributed by atoms with Crippen molar-refractivity contribution in [1.29, 1.82) is 0 Å². The Labute approximate surface area is 156 Å². The maximum Gasteiger partial charge on any atom is 0.411 e. The summed E-state index contributed by atoms with van der Waals surface area (Å²) in [5.74, 6) is 0.670. The van der Waals surface area contributed by atoms with Gasteiger partial charge in [0.1, 0.15) is 6.61 Å². The van der Waals surface area contributed by atoms with Crippen molar-refractivity contribution in [1.82, 2.24) is 15.6 Å². The molecule has 2 aromatic rings. The SMILES string of the molecule is CN=C(NCCc1ccccn1)NCc1ccc(COCC(F)(F)F)cc1. The Morgan fingerprint density at radius 1 is 1.07 bits per heavy atom. The van der Waals surface area contributed by atoms with Crippen molar-refractivity contribution in [3.63, 3.8) is 0 Å². The maximum atomic E-state index is 12.1. The van der Waals surface area contributed by atoms with Crippen LogP contribution in [0.3, 0.4) is 0 Å². The molecule has 0 aliphatic heterocycles. The standard InChI is InChI=1S/C19H23F3N4O/c1-23-18(25-11-9-17-4-2-3-10-24-17)26-12-15-5-7-16(8-6-15)13-27-14-19(20,21)22/h2-8,10H,9,11-14H2,1H3,(H2,23,25,26). The van der Waals surface area contributed by atoms with Crippen molar-refractivity contribution >= 4 is 5.96 Å². The molecule has 27 heavy (non-hydrogen) atoms. The van der Waals surface area contributed by atoms with E-state index in [0.29, 0.717) is 24.6 Å². The number of ether oxygens (including phenoxy) is 1. The highest BCUT2D eigenvalue weighted by molar-refractivity contribution is 5.79. The average Bonchev–Trinajstić information content (AvgIpc) is 2.65. The van der Waals surface area contributed by atoms with Gasteiger partial charge < -0.3 is 15.4 Å². The van der Waals surface area contributed by atoms with Gasteiger partial charge in [0.15, 0.2) is 5.96 Å². The van der Waals surface area contributed by atoms with Crippen LogP contribution >= 0.6 is 0 Å². The Balaban J connectivity index is 1.71. The van der Waals surface area contributed by atoms with Crippen LogP contribution in [0.25, 0.3) is 0 Å². The number of rotatable bonds is 8. The van der Waals surface area contributed by atoms with Crippen LogP contribution in [0.2, 0.25) is 0 Å². The minimum Gasteiger partial charge on any atom is -0.367 e. The van der Waals surface area contributed by atoms with E-state index in [1.54, 1.807) is 25.4 Å². The van der Waals surface area contributed by atoms with Crippen molar-refractivity contribution < 1.29 is 17.9 Å². The van der Waals surface area contributed by atoms with Crippen molar-refractivity contribution in [2.45, 2.75) is 25.7 Å². The zero-order chi connectivity index (χ0) is 19.5. The molecule has 0 spiro atoms. The largest absolute Gasteiger partial charge is 0.411 e. The van der Waals surface area contributed by atoms with Crippen LogP contribution in [0.4, 0.5) is 13.2 Å². The smallest absolute Gasteiger partial charge is 0.367 e. The lowest BCUT2D eigenvalue weighted by Gasteiger charge is -2.12. The summed E-state index contributed by atoms with van der Waals surface area (Å²) in [5, 5.41) is 6.41. The predicted molar refractivity (Wildman–Crippen MR) is 98.3 cm³/mol. The number of nitrogens with zero attached hydrogens (tertiary/aromatic N) is 2. The fraction of sp³-hybridized carbons (Fsp3) is 0.368. The zero-order valence-corrected chi connectivity index (χ0v) is 15.1. The first kappa shape index (κ1) is 20.7. The van der Waals surface area contributed by atoms with Crippen molar-refractivity contribution in [2.24, 2.45) is 4.99 Å².